The maximum absolute atomic E-state index is 13.0. The van der Waals surface area contributed by atoms with E-state index < -0.39 is 0 Å². The molecule has 0 aromatic heterocycles. The molecular formula is C23H34FN3O3. The fraction of sp³-hybridized carbons (Fsp3) is 0.696. The average molecular weight is 420 g/mol. The first-order valence-corrected chi connectivity index (χ1v) is 11.4. The molecule has 1 atom stereocenters. The number of morpholine rings is 1. The van der Waals surface area contributed by atoms with Gasteiger partial charge in [-0.1, -0.05) is 6.42 Å². The van der Waals surface area contributed by atoms with Crippen molar-refractivity contribution in [3.63, 3.8) is 0 Å². The number of hydrogen-bond acceptors (Lipinski definition) is 5. The largest absolute Gasteiger partial charge is 0.491 e. The molecule has 1 aromatic rings. The summed E-state index contributed by atoms with van der Waals surface area (Å²) >= 11 is 0. The van der Waals surface area contributed by atoms with E-state index in [4.69, 9.17) is 9.47 Å². The Morgan fingerprint density at radius 1 is 0.967 bits per heavy atom. The monoisotopic (exact) mass is 419 g/mol. The summed E-state index contributed by atoms with van der Waals surface area (Å²) in [7, 11) is 0. The maximum Gasteiger partial charge on any atom is 0.248 e. The van der Waals surface area contributed by atoms with Crippen molar-refractivity contribution in [2.24, 2.45) is 0 Å². The minimum atomic E-state index is -0.282. The van der Waals surface area contributed by atoms with Crippen molar-refractivity contribution >= 4 is 5.91 Å². The number of ether oxygens (including phenoxy) is 2. The van der Waals surface area contributed by atoms with E-state index >= 15 is 0 Å². The van der Waals surface area contributed by atoms with Gasteiger partial charge >= 0.3 is 0 Å². The number of benzene rings is 1. The van der Waals surface area contributed by atoms with Crippen molar-refractivity contribution < 1.29 is 18.7 Å². The lowest BCUT2D eigenvalue weighted by Crippen LogP contribution is -2.55. The molecule has 0 N–H and O–H groups in total. The van der Waals surface area contributed by atoms with Crippen LogP contribution in [0.5, 0.6) is 5.75 Å². The van der Waals surface area contributed by atoms with E-state index in [2.05, 4.69) is 9.80 Å². The number of carbonyl (C=O) groups excluding carboxylic acids is 1. The molecule has 1 amide bonds. The van der Waals surface area contributed by atoms with Crippen molar-refractivity contribution in [2.75, 3.05) is 59.0 Å². The zero-order valence-electron chi connectivity index (χ0n) is 17.8. The van der Waals surface area contributed by atoms with Crippen LogP contribution in [-0.4, -0.2) is 91.8 Å². The molecule has 0 spiro atoms. The zero-order valence-corrected chi connectivity index (χ0v) is 17.8. The Kier molecular flexibility index (Phi) is 7.57. The molecule has 6 nitrogen and oxygen atoms in total. The van der Waals surface area contributed by atoms with Crippen LogP contribution in [0.25, 0.3) is 0 Å². The van der Waals surface area contributed by atoms with Gasteiger partial charge < -0.3 is 24.2 Å². The van der Waals surface area contributed by atoms with Crippen molar-refractivity contribution in [2.45, 2.75) is 44.2 Å². The van der Waals surface area contributed by atoms with E-state index in [1.165, 1.54) is 51.0 Å². The Hall–Kier alpha value is -1.70. The quantitative estimate of drug-likeness (QED) is 0.679. The summed E-state index contributed by atoms with van der Waals surface area (Å²) in [5.74, 6) is 0.417. The second kappa shape index (κ2) is 10.6. The highest BCUT2D eigenvalue weighted by molar-refractivity contribution is 5.78. The Labute approximate surface area is 178 Å². The van der Waals surface area contributed by atoms with Gasteiger partial charge in [0.2, 0.25) is 5.91 Å². The third kappa shape index (κ3) is 5.93. The molecule has 166 valence electrons. The minimum absolute atomic E-state index is 0.0831. The fourth-order valence-corrected chi connectivity index (χ4v) is 4.74. The van der Waals surface area contributed by atoms with E-state index in [-0.39, 0.29) is 24.4 Å². The number of halogens is 1. The second-order valence-electron chi connectivity index (χ2n) is 8.72. The van der Waals surface area contributed by atoms with Gasteiger partial charge in [0.1, 0.15) is 30.9 Å². The van der Waals surface area contributed by atoms with Gasteiger partial charge in [-0.25, -0.2) is 4.39 Å². The summed E-state index contributed by atoms with van der Waals surface area (Å²) in [6, 6.07) is 6.28. The van der Waals surface area contributed by atoms with Gasteiger partial charge in [-0.3, -0.25) is 4.79 Å². The molecule has 3 aliphatic heterocycles. The molecular weight excluding hydrogens is 385 g/mol. The summed E-state index contributed by atoms with van der Waals surface area (Å²) in [5, 5.41) is 0. The van der Waals surface area contributed by atoms with Gasteiger partial charge in [-0.15, -0.1) is 0 Å². The predicted molar refractivity (Wildman–Crippen MR) is 113 cm³/mol. The molecule has 7 heteroatoms. The molecule has 3 saturated heterocycles. The molecule has 0 bridgehead atoms. The molecule has 0 unspecified atom stereocenters. The fourth-order valence-electron chi connectivity index (χ4n) is 4.74. The zero-order chi connectivity index (χ0) is 20.8. The number of nitrogens with zero attached hydrogens (tertiary/aromatic N) is 3. The van der Waals surface area contributed by atoms with Gasteiger partial charge in [0, 0.05) is 32.2 Å². The van der Waals surface area contributed by atoms with E-state index in [1.54, 1.807) is 12.1 Å². The lowest BCUT2D eigenvalue weighted by atomic mass is 10.0. The molecule has 0 aliphatic carbocycles. The first-order valence-electron chi connectivity index (χ1n) is 11.4. The molecule has 3 fully saturated rings. The summed E-state index contributed by atoms with van der Waals surface area (Å²) in [6.07, 6.45) is 5.96. The van der Waals surface area contributed by atoms with E-state index in [9.17, 15) is 9.18 Å². The number of likely N-dealkylation sites (tertiary alicyclic amines) is 2. The molecule has 30 heavy (non-hydrogen) atoms. The minimum Gasteiger partial charge on any atom is -0.491 e. The molecule has 3 heterocycles. The summed E-state index contributed by atoms with van der Waals surface area (Å²) in [5.41, 5.74) is 0. The Morgan fingerprint density at radius 2 is 1.63 bits per heavy atom. The van der Waals surface area contributed by atoms with Crippen LogP contribution in [-0.2, 0) is 9.53 Å². The van der Waals surface area contributed by atoms with Crippen LogP contribution in [0.2, 0.25) is 0 Å². The van der Waals surface area contributed by atoms with E-state index in [0.29, 0.717) is 24.9 Å². The van der Waals surface area contributed by atoms with Crippen LogP contribution < -0.4 is 4.74 Å². The van der Waals surface area contributed by atoms with Crippen LogP contribution in [0.4, 0.5) is 4.39 Å². The Morgan fingerprint density at radius 3 is 2.33 bits per heavy atom. The van der Waals surface area contributed by atoms with Gasteiger partial charge in [-0.05, 0) is 63.0 Å². The van der Waals surface area contributed by atoms with E-state index in [0.717, 1.165) is 32.5 Å². The third-order valence-electron chi connectivity index (χ3n) is 6.59. The van der Waals surface area contributed by atoms with Gasteiger partial charge in [0.15, 0.2) is 0 Å². The van der Waals surface area contributed by atoms with Crippen LogP contribution in [0, 0.1) is 5.82 Å². The SMILES string of the molecule is O=C1CO[C@H](COc2ccc(F)cc2)CN1C1CCN(CCN2CCCCC2)CC1. The normalized spacial score (nSPS) is 24.9. The third-order valence-corrected chi connectivity index (χ3v) is 6.59. The molecule has 0 radical (unpaired) electrons. The van der Waals surface area contributed by atoms with Crippen molar-refractivity contribution in [3.05, 3.63) is 30.1 Å². The summed E-state index contributed by atoms with van der Waals surface area (Å²) < 4.78 is 24.4. The van der Waals surface area contributed by atoms with Gasteiger partial charge in [0.25, 0.3) is 0 Å². The Balaban J connectivity index is 1.20. The number of amides is 1. The van der Waals surface area contributed by atoms with Crippen molar-refractivity contribution in [3.8, 4) is 5.75 Å². The summed E-state index contributed by atoms with van der Waals surface area (Å²) in [6.45, 7) is 7.97. The highest BCUT2D eigenvalue weighted by Crippen LogP contribution is 2.21. The Bertz CT molecular complexity index is 673. The average Bonchev–Trinajstić information content (AvgIpc) is 2.79. The highest BCUT2D eigenvalue weighted by Gasteiger charge is 2.33. The molecule has 1 aromatic carbocycles. The van der Waals surface area contributed by atoms with Gasteiger partial charge in [0.05, 0.1) is 6.54 Å². The van der Waals surface area contributed by atoms with Crippen LogP contribution in [0.3, 0.4) is 0 Å². The standard InChI is InChI=1S/C23H34FN3O3/c24-19-4-6-21(7-5-19)29-17-22-16-27(23(28)18-30-22)20-8-12-26(13-9-20)15-14-25-10-2-1-3-11-25/h4-7,20,22H,1-3,8-18H2/t22-/m0/s1. The first-order chi connectivity index (χ1) is 14.7. The number of rotatable bonds is 7. The molecule has 0 saturated carbocycles. The maximum atomic E-state index is 13.0. The van der Waals surface area contributed by atoms with Crippen LogP contribution in [0.1, 0.15) is 32.1 Å². The highest BCUT2D eigenvalue weighted by atomic mass is 19.1. The van der Waals surface area contributed by atoms with Crippen LogP contribution in [0.15, 0.2) is 24.3 Å². The van der Waals surface area contributed by atoms with Crippen molar-refractivity contribution in [1.82, 2.24) is 14.7 Å². The predicted octanol–water partition coefficient (Wildman–Crippen LogP) is 2.38. The lowest BCUT2D eigenvalue weighted by molar-refractivity contribution is -0.155. The van der Waals surface area contributed by atoms with Crippen molar-refractivity contribution in [1.29, 1.82) is 0 Å². The number of hydrogen-bond donors (Lipinski definition) is 0. The second-order valence-corrected chi connectivity index (χ2v) is 8.72. The summed E-state index contributed by atoms with van der Waals surface area (Å²) in [4.78, 5) is 19.6. The molecule has 4 rings (SSSR count). The smallest absolute Gasteiger partial charge is 0.248 e. The number of piperidine rings is 2. The first kappa shape index (κ1) is 21.5. The van der Waals surface area contributed by atoms with Crippen LogP contribution >= 0.6 is 0 Å². The number of carbonyl (C=O) groups is 1. The van der Waals surface area contributed by atoms with E-state index in [1.807, 2.05) is 4.90 Å². The molecule has 3 aliphatic rings. The topological polar surface area (TPSA) is 45.3 Å². The lowest BCUT2D eigenvalue weighted by Gasteiger charge is -2.42. The van der Waals surface area contributed by atoms with Gasteiger partial charge in [-0.2, -0.15) is 0 Å².